The van der Waals surface area contributed by atoms with E-state index in [2.05, 4.69) is 40.6 Å². The molecule has 1 atom stereocenters. The molecule has 3 aromatic heterocycles. The van der Waals surface area contributed by atoms with Gasteiger partial charge in [-0.2, -0.15) is 5.10 Å². The summed E-state index contributed by atoms with van der Waals surface area (Å²) in [5.41, 5.74) is 4.62. The minimum Gasteiger partial charge on any atom is -0.368 e. The van der Waals surface area contributed by atoms with Crippen LogP contribution in [0.1, 0.15) is 29.3 Å². The van der Waals surface area contributed by atoms with E-state index in [-0.39, 0.29) is 6.04 Å². The summed E-state index contributed by atoms with van der Waals surface area (Å²) < 4.78 is 1.84. The number of nitrogens with zero attached hydrogens (tertiary/aromatic N) is 6. The highest BCUT2D eigenvalue weighted by atomic mass is 15.2. The second kappa shape index (κ2) is 7.44. The van der Waals surface area contributed by atoms with Crippen molar-refractivity contribution in [3.8, 4) is 11.4 Å². The van der Waals surface area contributed by atoms with E-state index in [0.717, 1.165) is 43.0 Å². The quantitative estimate of drug-likeness (QED) is 0.725. The summed E-state index contributed by atoms with van der Waals surface area (Å²) in [6, 6.07) is 4.13. The highest BCUT2D eigenvalue weighted by molar-refractivity contribution is 5.60. The van der Waals surface area contributed by atoms with Gasteiger partial charge in [0.2, 0.25) is 0 Å². The summed E-state index contributed by atoms with van der Waals surface area (Å²) in [5, 5.41) is 7.92. The third-order valence-corrected chi connectivity index (χ3v) is 5.07. The Morgan fingerprint density at radius 1 is 1.19 bits per heavy atom. The first kappa shape index (κ1) is 17.6. The van der Waals surface area contributed by atoms with Crippen LogP contribution in [0.3, 0.4) is 0 Å². The molecule has 0 bridgehead atoms. The molecule has 1 aliphatic rings. The number of rotatable bonds is 6. The van der Waals surface area contributed by atoms with Crippen molar-refractivity contribution in [3.05, 3.63) is 53.7 Å². The van der Waals surface area contributed by atoms with E-state index < -0.39 is 0 Å². The molecule has 4 rings (SSSR count). The summed E-state index contributed by atoms with van der Waals surface area (Å²) in [7, 11) is 6.13. The van der Waals surface area contributed by atoms with E-state index in [4.69, 9.17) is 9.97 Å². The lowest BCUT2D eigenvalue weighted by Gasteiger charge is -2.24. The molecule has 3 aromatic rings. The molecule has 1 aliphatic carbocycles. The average Bonchev–Trinajstić information content (AvgIpc) is 3.31. The largest absolute Gasteiger partial charge is 0.368 e. The Labute approximate surface area is 159 Å². The smallest absolute Gasteiger partial charge is 0.161 e. The van der Waals surface area contributed by atoms with Crippen LogP contribution in [0.25, 0.3) is 11.4 Å². The molecule has 140 valence electrons. The summed E-state index contributed by atoms with van der Waals surface area (Å²) in [4.78, 5) is 16.0. The fourth-order valence-corrected chi connectivity index (χ4v) is 3.61. The third kappa shape index (κ3) is 3.68. The Kier molecular flexibility index (Phi) is 4.85. The number of aryl methyl sites for hydroxylation is 2. The maximum atomic E-state index is 4.86. The van der Waals surface area contributed by atoms with Crippen LogP contribution in [-0.2, 0) is 19.9 Å². The first-order valence-electron chi connectivity index (χ1n) is 9.31. The minimum atomic E-state index is 0.218. The van der Waals surface area contributed by atoms with Crippen molar-refractivity contribution in [2.24, 2.45) is 7.05 Å². The normalized spacial score (nSPS) is 14.4. The SMILES string of the molecule is CN(C)C(CNc1nc(-c2ccncc2)nc2c1CCC2)c1cnn(C)c1. The molecule has 3 heterocycles. The molecule has 0 aliphatic heterocycles. The summed E-state index contributed by atoms with van der Waals surface area (Å²) in [6.45, 7) is 0.762. The fourth-order valence-electron chi connectivity index (χ4n) is 3.61. The number of nitrogens with one attached hydrogen (secondary N) is 1. The van der Waals surface area contributed by atoms with Crippen LogP contribution in [-0.4, -0.2) is 50.3 Å². The van der Waals surface area contributed by atoms with Gasteiger partial charge in [-0.1, -0.05) is 0 Å². The molecule has 0 spiro atoms. The van der Waals surface area contributed by atoms with Crippen molar-refractivity contribution in [3.63, 3.8) is 0 Å². The molecule has 1 unspecified atom stereocenters. The van der Waals surface area contributed by atoms with Crippen molar-refractivity contribution < 1.29 is 0 Å². The summed E-state index contributed by atoms with van der Waals surface area (Å²) >= 11 is 0. The van der Waals surface area contributed by atoms with Crippen LogP contribution in [0.15, 0.2) is 36.9 Å². The zero-order valence-corrected chi connectivity index (χ0v) is 16.1. The van der Waals surface area contributed by atoms with Gasteiger partial charge in [-0.05, 0) is 45.5 Å². The molecular formula is C20H25N7. The molecule has 0 amide bonds. The van der Waals surface area contributed by atoms with E-state index in [1.54, 1.807) is 12.4 Å². The van der Waals surface area contributed by atoms with E-state index in [9.17, 15) is 0 Å². The van der Waals surface area contributed by atoms with Crippen LogP contribution in [0.5, 0.6) is 0 Å². The van der Waals surface area contributed by atoms with Gasteiger partial charge in [0.15, 0.2) is 5.82 Å². The first-order chi connectivity index (χ1) is 13.1. The standard InChI is InChI=1S/C20H25N7/c1-26(2)18(15-11-23-27(3)13-15)12-22-20-16-5-4-6-17(16)24-19(25-20)14-7-9-21-10-8-14/h7-11,13,18H,4-6,12H2,1-3H3,(H,22,24,25). The zero-order chi connectivity index (χ0) is 18.8. The van der Waals surface area contributed by atoms with E-state index in [1.807, 2.05) is 30.1 Å². The Hall–Kier alpha value is -2.80. The van der Waals surface area contributed by atoms with Crippen LogP contribution >= 0.6 is 0 Å². The lowest BCUT2D eigenvalue weighted by atomic mass is 10.1. The zero-order valence-electron chi connectivity index (χ0n) is 16.1. The van der Waals surface area contributed by atoms with Crippen molar-refractivity contribution >= 4 is 5.82 Å². The number of fused-ring (bicyclic) bond motifs is 1. The van der Waals surface area contributed by atoms with Gasteiger partial charge < -0.3 is 10.2 Å². The predicted molar refractivity (Wildman–Crippen MR) is 105 cm³/mol. The maximum absolute atomic E-state index is 4.86. The molecule has 0 aromatic carbocycles. The van der Waals surface area contributed by atoms with Crippen molar-refractivity contribution in [1.29, 1.82) is 0 Å². The second-order valence-electron chi connectivity index (χ2n) is 7.22. The van der Waals surface area contributed by atoms with Crippen LogP contribution in [0, 0.1) is 0 Å². The fraction of sp³-hybridized carbons (Fsp3) is 0.400. The van der Waals surface area contributed by atoms with Gasteiger partial charge >= 0.3 is 0 Å². The second-order valence-corrected chi connectivity index (χ2v) is 7.22. The summed E-state index contributed by atoms with van der Waals surface area (Å²) in [6.07, 6.45) is 10.8. The van der Waals surface area contributed by atoms with Crippen molar-refractivity contribution in [1.82, 2.24) is 29.6 Å². The topological polar surface area (TPSA) is 71.8 Å². The van der Waals surface area contributed by atoms with E-state index in [0.29, 0.717) is 0 Å². The third-order valence-electron chi connectivity index (χ3n) is 5.07. The number of likely N-dealkylation sites (N-methyl/N-ethyl adjacent to an activating group) is 1. The van der Waals surface area contributed by atoms with E-state index >= 15 is 0 Å². The Morgan fingerprint density at radius 2 is 2.00 bits per heavy atom. The monoisotopic (exact) mass is 363 g/mol. The number of anilines is 1. The number of aromatic nitrogens is 5. The molecule has 7 nitrogen and oxygen atoms in total. The van der Waals surface area contributed by atoms with Crippen LogP contribution < -0.4 is 5.32 Å². The van der Waals surface area contributed by atoms with Gasteiger partial charge in [-0.25, -0.2) is 9.97 Å². The average molecular weight is 363 g/mol. The van der Waals surface area contributed by atoms with Gasteiger partial charge in [0.25, 0.3) is 0 Å². The van der Waals surface area contributed by atoms with Crippen molar-refractivity contribution in [2.75, 3.05) is 26.0 Å². The van der Waals surface area contributed by atoms with Gasteiger partial charge in [0.05, 0.1) is 12.2 Å². The number of hydrogen-bond donors (Lipinski definition) is 1. The maximum Gasteiger partial charge on any atom is 0.161 e. The van der Waals surface area contributed by atoms with Gasteiger partial charge in [-0.15, -0.1) is 0 Å². The Morgan fingerprint density at radius 3 is 2.70 bits per heavy atom. The number of pyridine rings is 1. The highest BCUT2D eigenvalue weighted by Gasteiger charge is 2.22. The molecule has 7 heteroatoms. The molecule has 1 N–H and O–H groups in total. The Balaban J connectivity index is 1.62. The van der Waals surface area contributed by atoms with Crippen LogP contribution in [0.2, 0.25) is 0 Å². The predicted octanol–water partition coefficient (Wildman–Crippen LogP) is 2.48. The molecule has 0 radical (unpaired) electrons. The minimum absolute atomic E-state index is 0.218. The highest BCUT2D eigenvalue weighted by Crippen LogP contribution is 2.30. The van der Waals surface area contributed by atoms with E-state index in [1.165, 1.54) is 16.8 Å². The molecule has 0 fully saturated rings. The summed E-state index contributed by atoms with van der Waals surface area (Å²) in [5.74, 6) is 1.73. The lowest BCUT2D eigenvalue weighted by Crippen LogP contribution is -2.27. The van der Waals surface area contributed by atoms with Gasteiger partial charge in [0.1, 0.15) is 5.82 Å². The molecule has 0 saturated heterocycles. The lowest BCUT2D eigenvalue weighted by molar-refractivity contribution is 0.311. The molecule has 27 heavy (non-hydrogen) atoms. The molecular weight excluding hydrogens is 338 g/mol. The van der Waals surface area contributed by atoms with Crippen molar-refractivity contribution in [2.45, 2.75) is 25.3 Å². The van der Waals surface area contributed by atoms with Gasteiger partial charge in [-0.3, -0.25) is 9.67 Å². The van der Waals surface area contributed by atoms with Crippen LogP contribution in [0.4, 0.5) is 5.82 Å². The van der Waals surface area contributed by atoms with Gasteiger partial charge in [0, 0.05) is 54.6 Å². The Bertz CT molecular complexity index is 917. The first-order valence-corrected chi connectivity index (χ1v) is 9.31. The number of hydrogen-bond acceptors (Lipinski definition) is 6. The molecule has 0 saturated carbocycles.